The summed E-state index contributed by atoms with van der Waals surface area (Å²) in [6, 6.07) is 2.40. The van der Waals surface area contributed by atoms with Crippen LogP contribution in [0.1, 0.15) is 35.1 Å². The molecule has 2 N–H and O–H groups in total. The summed E-state index contributed by atoms with van der Waals surface area (Å²) in [6.45, 7) is 0. The van der Waals surface area contributed by atoms with Crippen LogP contribution in [0.3, 0.4) is 0 Å². The fourth-order valence-corrected chi connectivity index (χ4v) is 4.45. The Kier molecular flexibility index (Phi) is 3.71. The van der Waals surface area contributed by atoms with Gasteiger partial charge in [-0.1, -0.05) is 17.4 Å². The first-order valence-electron chi connectivity index (χ1n) is 8.34. The average molecular weight is 385 g/mol. The summed E-state index contributed by atoms with van der Waals surface area (Å²) >= 11 is 2.71. The largest absolute Gasteiger partial charge is 0.493 e. The number of H-pyrrole nitrogens is 1. The van der Waals surface area contributed by atoms with E-state index in [0.29, 0.717) is 16.6 Å². The summed E-state index contributed by atoms with van der Waals surface area (Å²) in [5.74, 6) is -0.131. The molecule has 1 aliphatic heterocycles. The van der Waals surface area contributed by atoms with Crippen molar-refractivity contribution < 1.29 is 5.11 Å². The van der Waals surface area contributed by atoms with E-state index in [1.165, 1.54) is 0 Å². The number of aromatic amines is 1. The minimum Gasteiger partial charge on any atom is -0.493 e. The number of thiazole rings is 1. The van der Waals surface area contributed by atoms with Crippen molar-refractivity contribution in [3.63, 3.8) is 0 Å². The number of hydrogen-bond donors (Lipinski definition) is 2. The van der Waals surface area contributed by atoms with Crippen molar-refractivity contribution in [3.05, 3.63) is 54.7 Å². The van der Waals surface area contributed by atoms with Crippen LogP contribution in [0, 0.1) is 0 Å². The van der Waals surface area contributed by atoms with E-state index in [4.69, 9.17) is 9.98 Å². The molecule has 1 fully saturated rings. The van der Waals surface area contributed by atoms with Gasteiger partial charge in [0.25, 0.3) is 0 Å². The Morgan fingerprint density at radius 1 is 1.42 bits per heavy atom. The van der Waals surface area contributed by atoms with Gasteiger partial charge in [0, 0.05) is 11.3 Å². The van der Waals surface area contributed by atoms with Gasteiger partial charge in [0.15, 0.2) is 11.1 Å². The van der Waals surface area contributed by atoms with Gasteiger partial charge in [0.05, 0.1) is 28.1 Å². The van der Waals surface area contributed by atoms with E-state index in [1.54, 1.807) is 28.6 Å². The highest BCUT2D eigenvalue weighted by Crippen LogP contribution is 2.36. The molecule has 1 unspecified atom stereocenters. The summed E-state index contributed by atoms with van der Waals surface area (Å²) in [7, 11) is 0. The second-order valence-electron chi connectivity index (χ2n) is 6.34. The maximum atomic E-state index is 11.4. The number of allylic oxidation sites excluding steroid dienone is 1. The molecule has 1 atom stereocenters. The maximum absolute atomic E-state index is 11.4. The first kappa shape index (κ1) is 15.8. The third-order valence-electron chi connectivity index (χ3n) is 4.32. The molecule has 7 nitrogen and oxygen atoms in total. The number of nitrogens with one attached hydrogen (secondary N) is 1. The molecule has 26 heavy (non-hydrogen) atoms. The molecule has 0 saturated heterocycles. The minimum atomic E-state index is -0.295. The van der Waals surface area contributed by atoms with Crippen molar-refractivity contribution in [2.45, 2.75) is 30.6 Å². The van der Waals surface area contributed by atoms with E-state index in [2.05, 4.69) is 21.6 Å². The van der Waals surface area contributed by atoms with E-state index in [1.807, 2.05) is 6.07 Å². The second kappa shape index (κ2) is 6.10. The molecule has 0 spiro atoms. The first-order chi connectivity index (χ1) is 12.7. The van der Waals surface area contributed by atoms with Crippen molar-refractivity contribution in [1.29, 1.82) is 0 Å². The third-order valence-corrected chi connectivity index (χ3v) is 6.25. The lowest BCUT2D eigenvalue weighted by atomic mass is 10.2. The van der Waals surface area contributed by atoms with Crippen LogP contribution in [0.15, 0.2) is 33.5 Å². The topological polar surface area (TPSA) is 95.6 Å². The van der Waals surface area contributed by atoms with E-state index in [9.17, 15) is 9.90 Å². The zero-order valence-corrected chi connectivity index (χ0v) is 15.3. The van der Waals surface area contributed by atoms with Crippen molar-refractivity contribution in [2.24, 2.45) is 4.99 Å². The fourth-order valence-electron chi connectivity index (χ4n) is 2.88. The molecule has 1 saturated carbocycles. The maximum Gasteiger partial charge on any atom is 0.307 e. The molecule has 4 heterocycles. The highest BCUT2D eigenvalue weighted by Gasteiger charge is 2.22. The van der Waals surface area contributed by atoms with Gasteiger partial charge in [-0.05, 0) is 30.7 Å². The summed E-state index contributed by atoms with van der Waals surface area (Å²) in [4.78, 5) is 23.6. The van der Waals surface area contributed by atoms with Gasteiger partial charge in [-0.3, -0.25) is 14.8 Å². The lowest BCUT2D eigenvalue weighted by molar-refractivity contribution is 0.455. The van der Waals surface area contributed by atoms with Crippen molar-refractivity contribution in [3.8, 4) is 5.88 Å². The second-order valence-corrected chi connectivity index (χ2v) is 8.47. The van der Waals surface area contributed by atoms with Gasteiger partial charge in [-0.15, -0.1) is 11.8 Å². The number of aromatic nitrogens is 4. The summed E-state index contributed by atoms with van der Waals surface area (Å²) in [5.41, 5.74) is 2.48. The zero-order valence-electron chi connectivity index (χ0n) is 13.6. The molecular formula is C17H15N5O2S2. The highest BCUT2D eigenvalue weighted by molar-refractivity contribution is 8.02. The SMILES string of the molecule is O=c1[nH]c(O)c(C=c2cnn3c(=NC4CC4)cc(C4CC=CS4)nc23)s1. The Labute approximate surface area is 155 Å². The molecular weight excluding hydrogens is 370 g/mol. The van der Waals surface area contributed by atoms with Gasteiger partial charge in [0.2, 0.25) is 5.88 Å². The molecule has 1 aliphatic carbocycles. The number of hydrogen-bond acceptors (Lipinski definition) is 7. The summed E-state index contributed by atoms with van der Waals surface area (Å²) < 4.78 is 1.74. The van der Waals surface area contributed by atoms with Gasteiger partial charge in [0.1, 0.15) is 0 Å². The summed E-state index contributed by atoms with van der Waals surface area (Å²) in [5, 5.41) is 17.4. The smallest absolute Gasteiger partial charge is 0.307 e. The Hall–Kier alpha value is -2.39. The molecule has 3 aromatic rings. The Bertz CT molecular complexity index is 1190. The van der Waals surface area contributed by atoms with E-state index in [0.717, 1.165) is 47.0 Å². The molecule has 0 aromatic carbocycles. The van der Waals surface area contributed by atoms with Gasteiger partial charge < -0.3 is 5.11 Å². The molecule has 132 valence electrons. The van der Waals surface area contributed by atoms with Crippen LogP contribution in [0.4, 0.5) is 0 Å². The van der Waals surface area contributed by atoms with Gasteiger partial charge >= 0.3 is 4.87 Å². The van der Waals surface area contributed by atoms with Crippen LogP contribution in [0.5, 0.6) is 5.88 Å². The quantitative estimate of drug-likeness (QED) is 0.712. The van der Waals surface area contributed by atoms with Gasteiger partial charge in [-0.2, -0.15) is 9.61 Å². The average Bonchev–Trinajstić information content (AvgIpc) is 3.01. The monoisotopic (exact) mass is 385 g/mol. The van der Waals surface area contributed by atoms with Gasteiger partial charge in [-0.25, -0.2) is 4.98 Å². The number of nitrogens with zero attached hydrogens (tertiary/aromatic N) is 4. The predicted molar refractivity (Wildman–Crippen MR) is 101 cm³/mol. The van der Waals surface area contributed by atoms with E-state index in [-0.39, 0.29) is 16.0 Å². The first-order valence-corrected chi connectivity index (χ1v) is 10.1. The lowest BCUT2D eigenvalue weighted by Crippen LogP contribution is -2.20. The molecule has 0 bridgehead atoms. The molecule has 3 aromatic heterocycles. The Morgan fingerprint density at radius 3 is 3.00 bits per heavy atom. The molecule has 0 radical (unpaired) electrons. The highest BCUT2D eigenvalue weighted by atomic mass is 32.2. The van der Waals surface area contributed by atoms with Crippen molar-refractivity contribution in [2.75, 3.05) is 0 Å². The number of rotatable bonds is 3. The van der Waals surface area contributed by atoms with E-state index >= 15 is 0 Å². The fraction of sp³-hybridized carbons (Fsp3) is 0.294. The molecule has 5 rings (SSSR count). The lowest BCUT2D eigenvalue weighted by Gasteiger charge is -2.08. The van der Waals surface area contributed by atoms with Crippen LogP contribution in [-0.2, 0) is 0 Å². The van der Waals surface area contributed by atoms with Crippen LogP contribution >= 0.6 is 23.1 Å². The minimum absolute atomic E-state index is 0.131. The standard InChI is InChI=1S/C17H15N5O2S2/c23-16-13(26-17(24)21-16)6-9-8-18-22-14(19-10-3-4-10)7-11(20-15(9)22)12-2-1-5-25-12/h1,5-8,10,12,23H,2-4H2,(H,21,24). The van der Waals surface area contributed by atoms with Crippen molar-refractivity contribution >= 4 is 34.8 Å². The Morgan fingerprint density at radius 2 is 2.31 bits per heavy atom. The summed E-state index contributed by atoms with van der Waals surface area (Å²) in [6.07, 6.45) is 8.76. The normalized spacial score (nSPS) is 21.3. The predicted octanol–water partition coefficient (Wildman–Crippen LogP) is 1.49. The zero-order chi connectivity index (χ0) is 17.7. The van der Waals surface area contributed by atoms with Crippen LogP contribution in [0.25, 0.3) is 11.7 Å². The third kappa shape index (κ3) is 2.86. The molecule has 0 amide bonds. The van der Waals surface area contributed by atoms with Crippen LogP contribution in [-0.4, -0.2) is 30.7 Å². The van der Waals surface area contributed by atoms with Crippen LogP contribution < -0.4 is 15.6 Å². The number of fused-ring (bicyclic) bond motifs is 1. The molecule has 2 aliphatic rings. The molecule has 9 heteroatoms. The Balaban J connectivity index is 1.74. The van der Waals surface area contributed by atoms with Crippen LogP contribution in [0.2, 0.25) is 0 Å². The van der Waals surface area contributed by atoms with E-state index < -0.39 is 0 Å². The van der Waals surface area contributed by atoms with Crippen molar-refractivity contribution in [1.82, 2.24) is 19.6 Å². The number of aromatic hydroxyl groups is 1. The number of thioether (sulfide) groups is 1.